The van der Waals surface area contributed by atoms with Gasteiger partial charge in [0.15, 0.2) is 5.90 Å². The van der Waals surface area contributed by atoms with Crippen molar-refractivity contribution in [3.8, 4) is 0 Å². The fourth-order valence-electron chi connectivity index (χ4n) is 2.63. The molecule has 1 aromatic carbocycles. The smallest absolute Gasteiger partial charge is 0.187 e. The maximum atomic E-state index is 5.75. The van der Waals surface area contributed by atoms with Crippen LogP contribution in [0.1, 0.15) is 37.3 Å². The maximum absolute atomic E-state index is 5.75. The van der Waals surface area contributed by atoms with Crippen molar-refractivity contribution in [2.24, 2.45) is 10.9 Å². The second-order valence-electron chi connectivity index (χ2n) is 4.69. The molecule has 84 valence electrons. The number of rotatable bonds is 2. The molecule has 2 aliphatic rings. The highest BCUT2D eigenvalue weighted by Gasteiger charge is 2.28. The van der Waals surface area contributed by atoms with E-state index >= 15 is 0 Å². The standard InChI is InChI=1S/C14H17NO/c1-2-6-11(7-3-1)13-10-16-14(15-13)12-8-4-5-9-12/h1-3,6-7,12-13H,4-5,8-10H2/t13-/m1/s1. The summed E-state index contributed by atoms with van der Waals surface area (Å²) in [7, 11) is 0. The van der Waals surface area contributed by atoms with E-state index in [1.54, 1.807) is 0 Å². The molecule has 0 unspecified atom stereocenters. The second kappa shape index (κ2) is 4.28. The Kier molecular flexibility index (Phi) is 2.65. The molecule has 0 spiro atoms. The minimum absolute atomic E-state index is 0.233. The highest BCUT2D eigenvalue weighted by atomic mass is 16.5. The van der Waals surface area contributed by atoms with Gasteiger partial charge in [0.2, 0.25) is 0 Å². The van der Waals surface area contributed by atoms with E-state index in [9.17, 15) is 0 Å². The van der Waals surface area contributed by atoms with Crippen LogP contribution in [-0.4, -0.2) is 12.5 Å². The molecule has 1 fully saturated rings. The van der Waals surface area contributed by atoms with E-state index in [0.29, 0.717) is 5.92 Å². The summed E-state index contributed by atoms with van der Waals surface area (Å²) in [5, 5.41) is 0. The van der Waals surface area contributed by atoms with Crippen LogP contribution < -0.4 is 0 Å². The molecule has 16 heavy (non-hydrogen) atoms. The molecule has 0 N–H and O–H groups in total. The maximum Gasteiger partial charge on any atom is 0.187 e. The van der Waals surface area contributed by atoms with Gasteiger partial charge in [-0.2, -0.15) is 0 Å². The van der Waals surface area contributed by atoms with Crippen molar-refractivity contribution in [3.63, 3.8) is 0 Å². The Balaban J connectivity index is 1.75. The van der Waals surface area contributed by atoms with Crippen molar-refractivity contribution in [2.45, 2.75) is 31.7 Å². The van der Waals surface area contributed by atoms with Crippen LogP contribution in [0.5, 0.6) is 0 Å². The lowest BCUT2D eigenvalue weighted by Crippen LogP contribution is -2.10. The van der Waals surface area contributed by atoms with Crippen molar-refractivity contribution in [1.82, 2.24) is 0 Å². The Morgan fingerprint density at radius 2 is 1.81 bits per heavy atom. The van der Waals surface area contributed by atoms with Crippen LogP contribution in [0.15, 0.2) is 35.3 Å². The summed E-state index contributed by atoms with van der Waals surface area (Å²) < 4.78 is 5.75. The van der Waals surface area contributed by atoms with E-state index in [2.05, 4.69) is 24.3 Å². The van der Waals surface area contributed by atoms with E-state index in [1.165, 1.54) is 31.2 Å². The minimum Gasteiger partial charge on any atom is -0.478 e. The molecular formula is C14H17NO. The Bertz CT molecular complexity index is 379. The number of ether oxygens (including phenoxy) is 1. The first-order valence-corrected chi connectivity index (χ1v) is 6.19. The van der Waals surface area contributed by atoms with Crippen LogP contribution in [0, 0.1) is 5.92 Å². The molecule has 0 saturated heterocycles. The van der Waals surface area contributed by atoms with Crippen LogP contribution >= 0.6 is 0 Å². The van der Waals surface area contributed by atoms with Gasteiger partial charge in [0.25, 0.3) is 0 Å². The molecular weight excluding hydrogens is 198 g/mol. The minimum atomic E-state index is 0.233. The number of nitrogens with zero attached hydrogens (tertiary/aromatic N) is 1. The third kappa shape index (κ3) is 1.84. The molecule has 0 radical (unpaired) electrons. The second-order valence-corrected chi connectivity index (χ2v) is 4.69. The molecule has 2 nitrogen and oxygen atoms in total. The zero-order valence-corrected chi connectivity index (χ0v) is 9.43. The van der Waals surface area contributed by atoms with Gasteiger partial charge in [-0.05, 0) is 18.4 Å². The number of hydrogen-bond donors (Lipinski definition) is 0. The topological polar surface area (TPSA) is 21.6 Å². The van der Waals surface area contributed by atoms with Gasteiger partial charge < -0.3 is 4.74 Å². The molecule has 0 aromatic heterocycles. The average molecular weight is 215 g/mol. The number of hydrogen-bond acceptors (Lipinski definition) is 2. The average Bonchev–Trinajstić information content (AvgIpc) is 3.01. The van der Waals surface area contributed by atoms with Crippen molar-refractivity contribution in [2.75, 3.05) is 6.61 Å². The first kappa shape index (κ1) is 9.88. The highest BCUT2D eigenvalue weighted by Crippen LogP contribution is 2.32. The molecule has 1 heterocycles. The van der Waals surface area contributed by atoms with Gasteiger partial charge in [0.1, 0.15) is 12.6 Å². The summed E-state index contributed by atoms with van der Waals surface area (Å²) in [6, 6.07) is 10.7. The summed E-state index contributed by atoms with van der Waals surface area (Å²) in [6.45, 7) is 0.732. The normalized spacial score (nSPS) is 25.5. The zero-order chi connectivity index (χ0) is 10.8. The van der Waals surface area contributed by atoms with Gasteiger partial charge in [-0.1, -0.05) is 43.2 Å². The quantitative estimate of drug-likeness (QED) is 0.741. The lowest BCUT2D eigenvalue weighted by molar-refractivity contribution is 0.299. The summed E-state index contributed by atoms with van der Waals surface area (Å²) in [5.41, 5.74) is 1.27. The van der Waals surface area contributed by atoms with E-state index in [-0.39, 0.29) is 6.04 Å². The predicted octanol–water partition coefficient (Wildman–Crippen LogP) is 3.35. The van der Waals surface area contributed by atoms with Gasteiger partial charge in [-0.25, -0.2) is 4.99 Å². The lowest BCUT2D eigenvalue weighted by atomic mass is 10.1. The first-order valence-electron chi connectivity index (χ1n) is 6.19. The van der Waals surface area contributed by atoms with Crippen molar-refractivity contribution in [1.29, 1.82) is 0 Å². The molecule has 0 bridgehead atoms. The highest BCUT2D eigenvalue weighted by molar-refractivity contribution is 5.80. The van der Waals surface area contributed by atoms with Gasteiger partial charge >= 0.3 is 0 Å². The first-order chi connectivity index (χ1) is 7.93. The van der Waals surface area contributed by atoms with Crippen molar-refractivity contribution >= 4 is 5.90 Å². The number of benzene rings is 1. The van der Waals surface area contributed by atoms with Gasteiger partial charge in [-0.15, -0.1) is 0 Å². The molecule has 1 aliphatic heterocycles. The largest absolute Gasteiger partial charge is 0.478 e. The van der Waals surface area contributed by atoms with Crippen molar-refractivity contribution in [3.05, 3.63) is 35.9 Å². The summed E-state index contributed by atoms with van der Waals surface area (Å²) in [5.74, 6) is 1.63. The lowest BCUT2D eigenvalue weighted by Gasteiger charge is -2.06. The third-order valence-corrected chi connectivity index (χ3v) is 3.56. The van der Waals surface area contributed by atoms with E-state index < -0.39 is 0 Å². The Labute approximate surface area is 96.3 Å². The SMILES string of the molecule is c1ccc([C@H]2COC(C3CCCC3)=N2)cc1. The van der Waals surface area contributed by atoms with Crippen LogP contribution in [0.2, 0.25) is 0 Å². The monoisotopic (exact) mass is 215 g/mol. The van der Waals surface area contributed by atoms with Gasteiger partial charge in [-0.3, -0.25) is 0 Å². The van der Waals surface area contributed by atoms with Gasteiger partial charge in [0, 0.05) is 5.92 Å². The number of aliphatic imine (C=N–C) groups is 1. The molecule has 2 heteroatoms. The van der Waals surface area contributed by atoms with Gasteiger partial charge in [0.05, 0.1) is 0 Å². The van der Waals surface area contributed by atoms with Crippen LogP contribution in [0.4, 0.5) is 0 Å². The Morgan fingerprint density at radius 3 is 2.56 bits per heavy atom. The van der Waals surface area contributed by atoms with Crippen LogP contribution in [0.25, 0.3) is 0 Å². The fraction of sp³-hybridized carbons (Fsp3) is 0.500. The van der Waals surface area contributed by atoms with E-state index in [1.807, 2.05) is 6.07 Å². The Morgan fingerprint density at radius 1 is 1.06 bits per heavy atom. The molecule has 1 aliphatic carbocycles. The zero-order valence-electron chi connectivity index (χ0n) is 9.43. The van der Waals surface area contributed by atoms with Crippen molar-refractivity contribution < 1.29 is 4.74 Å². The molecule has 1 atom stereocenters. The molecule has 0 amide bonds. The Hall–Kier alpha value is -1.31. The molecule has 3 rings (SSSR count). The molecule has 1 aromatic rings. The fourth-order valence-corrected chi connectivity index (χ4v) is 2.63. The molecule has 1 saturated carbocycles. The summed E-state index contributed by atoms with van der Waals surface area (Å²) in [4.78, 5) is 4.73. The van der Waals surface area contributed by atoms with E-state index in [4.69, 9.17) is 9.73 Å². The van der Waals surface area contributed by atoms with Crippen LogP contribution in [0.3, 0.4) is 0 Å². The van der Waals surface area contributed by atoms with E-state index in [0.717, 1.165) is 12.5 Å². The predicted molar refractivity (Wildman–Crippen MR) is 64.5 cm³/mol. The summed E-state index contributed by atoms with van der Waals surface area (Å²) in [6.07, 6.45) is 5.20. The third-order valence-electron chi connectivity index (χ3n) is 3.56. The summed E-state index contributed by atoms with van der Waals surface area (Å²) >= 11 is 0. The van der Waals surface area contributed by atoms with Crippen LogP contribution in [-0.2, 0) is 4.74 Å².